The Labute approximate surface area is 157 Å². The van der Waals surface area contributed by atoms with Gasteiger partial charge in [-0.05, 0) is 31.0 Å². The Balaban J connectivity index is 1.83. The highest BCUT2D eigenvalue weighted by atomic mass is 19.4. The number of nitrogens with two attached hydrogens (primary N) is 1. The summed E-state index contributed by atoms with van der Waals surface area (Å²) in [5, 5.41) is 0. The smallest absolute Gasteiger partial charge is 0.340 e. The SMILES string of the molecule is CC(C)(C(=O)N1C[C@@H](N)[C@H](c2ccccc2)C1)c1cccc(C(F)(F)F)c1. The van der Waals surface area contributed by atoms with E-state index in [4.69, 9.17) is 5.73 Å². The van der Waals surface area contributed by atoms with E-state index in [1.165, 1.54) is 6.07 Å². The maximum Gasteiger partial charge on any atom is 0.416 e. The summed E-state index contributed by atoms with van der Waals surface area (Å²) in [6.07, 6.45) is -4.44. The molecule has 1 fully saturated rings. The van der Waals surface area contributed by atoms with Crippen LogP contribution in [0.4, 0.5) is 13.2 Å². The summed E-state index contributed by atoms with van der Waals surface area (Å²) in [4.78, 5) is 14.8. The van der Waals surface area contributed by atoms with Gasteiger partial charge < -0.3 is 10.6 Å². The summed E-state index contributed by atoms with van der Waals surface area (Å²) in [6, 6.07) is 14.5. The van der Waals surface area contributed by atoms with Crippen molar-refractivity contribution in [2.45, 2.75) is 37.4 Å². The molecule has 144 valence electrons. The average Bonchev–Trinajstić information content (AvgIpc) is 3.03. The van der Waals surface area contributed by atoms with Gasteiger partial charge in [0, 0.05) is 25.0 Å². The normalized spacial score (nSPS) is 20.7. The van der Waals surface area contributed by atoms with Crippen molar-refractivity contribution < 1.29 is 18.0 Å². The topological polar surface area (TPSA) is 46.3 Å². The highest BCUT2D eigenvalue weighted by Crippen LogP contribution is 2.35. The second-order valence-corrected chi connectivity index (χ2v) is 7.59. The monoisotopic (exact) mass is 376 g/mol. The number of benzene rings is 2. The third kappa shape index (κ3) is 3.86. The fourth-order valence-corrected chi connectivity index (χ4v) is 3.65. The second-order valence-electron chi connectivity index (χ2n) is 7.59. The third-order valence-electron chi connectivity index (χ3n) is 5.33. The molecule has 0 aliphatic carbocycles. The van der Waals surface area contributed by atoms with Crippen LogP contribution < -0.4 is 5.73 Å². The summed E-state index contributed by atoms with van der Waals surface area (Å²) in [6.45, 7) is 4.17. The van der Waals surface area contributed by atoms with Crippen molar-refractivity contribution in [2.24, 2.45) is 5.73 Å². The minimum absolute atomic E-state index is 0.0208. The Morgan fingerprint density at radius 2 is 1.63 bits per heavy atom. The maximum atomic E-state index is 13.1. The minimum Gasteiger partial charge on any atom is -0.340 e. The standard InChI is InChI=1S/C21H23F3N2O/c1-20(2,15-9-6-10-16(11-15)21(22,23)24)19(27)26-12-17(18(25)13-26)14-7-4-3-5-8-14/h3-11,17-18H,12-13,25H2,1-2H3/t17-,18+/m0/s1. The van der Waals surface area contributed by atoms with Gasteiger partial charge in [0.25, 0.3) is 0 Å². The first kappa shape index (κ1) is 19.4. The van der Waals surface area contributed by atoms with Crippen molar-refractivity contribution in [3.63, 3.8) is 0 Å². The van der Waals surface area contributed by atoms with E-state index in [0.717, 1.165) is 17.7 Å². The molecule has 1 aliphatic heterocycles. The molecule has 0 unspecified atom stereocenters. The first-order chi connectivity index (χ1) is 12.6. The number of halogens is 3. The number of likely N-dealkylation sites (tertiary alicyclic amines) is 1. The summed E-state index contributed by atoms with van der Waals surface area (Å²) in [5.74, 6) is -0.192. The van der Waals surface area contributed by atoms with Crippen molar-refractivity contribution in [3.8, 4) is 0 Å². The van der Waals surface area contributed by atoms with Gasteiger partial charge in [0.15, 0.2) is 0 Å². The highest BCUT2D eigenvalue weighted by molar-refractivity contribution is 5.88. The van der Waals surface area contributed by atoms with Crippen LogP contribution in [-0.4, -0.2) is 29.9 Å². The molecule has 3 nitrogen and oxygen atoms in total. The Morgan fingerprint density at radius 3 is 2.26 bits per heavy atom. The van der Waals surface area contributed by atoms with Crippen molar-refractivity contribution in [1.29, 1.82) is 0 Å². The predicted molar refractivity (Wildman–Crippen MR) is 98.2 cm³/mol. The van der Waals surface area contributed by atoms with Gasteiger partial charge in [0.2, 0.25) is 5.91 Å². The van der Waals surface area contributed by atoms with E-state index in [1.54, 1.807) is 24.8 Å². The van der Waals surface area contributed by atoms with Gasteiger partial charge in [-0.25, -0.2) is 0 Å². The Morgan fingerprint density at radius 1 is 1.00 bits per heavy atom. The minimum atomic E-state index is -4.44. The molecule has 1 saturated heterocycles. The molecule has 1 amide bonds. The van der Waals surface area contributed by atoms with Crippen LogP contribution >= 0.6 is 0 Å². The molecule has 1 heterocycles. The molecule has 6 heteroatoms. The Bertz CT molecular complexity index is 818. The number of amides is 1. The number of hydrogen-bond donors (Lipinski definition) is 1. The van der Waals surface area contributed by atoms with Gasteiger partial charge >= 0.3 is 6.18 Å². The molecule has 0 bridgehead atoms. The maximum absolute atomic E-state index is 13.1. The Hall–Kier alpha value is -2.34. The van der Waals surface area contributed by atoms with Crippen LogP contribution in [0.25, 0.3) is 0 Å². The van der Waals surface area contributed by atoms with Crippen molar-refractivity contribution in [2.75, 3.05) is 13.1 Å². The molecule has 3 rings (SSSR count). The van der Waals surface area contributed by atoms with Crippen LogP contribution in [0.1, 0.15) is 36.5 Å². The van der Waals surface area contributed by atoms with Crippen LogP contribution in [0.3, 0.4) is 0 Å². The zero-order valence-corrected chi connectivity index (χ0v) is 15.3. The Kier molecular flexibility index (Phi) is 5.04. The molecular weight excluding hydrogens is 353 g/mol. The first-order valence-corrected chi connectivity index (χ1v) is 8.88. The molecule has 2 atom stereocenters. The van der Waals surface area contributed by atoms with E-state index in [0.29, 0.717) is 18.7 Å². The average molecular weight is 376 g/mol. The van der Waals surface area contributed by atoms with Gasteiger partial charge in [0.1, 0.15) is 0 Å². The molecule has 0 saturated carbocycles. The molecule has 0 aromatic heterocycles. The fraction of sp³-hybridized carbons (Fsp3) is 0.381. The van der Waals surface area contributed by atoms with Crippen molar-refractivity contribution >= 4 is 5.91 Å². The zero-order valence-electron chi connectivity index (χ0n) is 15.3. The van der Waals surface area contributed by atoms with Gasteiger partial charge in [-0.2, -0.15) is 13.2 Å². The van der Waals surface area contributed by atoms with E-state index in [2.05, 4.69) is 0 Å². The lowest BCUT2D eigenvalue weighted by molar-refractivity contribution is -0.138. The van der Waals surface area contributed by atoms with Crippen LogP contribution in [0.2, 0.25) is 0 Å². The van der Waals surface area contributed by atoms with E-state index in [-0.39, 0.29) is 17.9 Å². The van der Waals surface area contributed by atoms with Crippen LogP contribution in [0, 0.1) is 0 Å². The van der Waals surface area contributed by atoms with Gasteiger partial charge in [-0.15, -0.1) is 0 Å². The van der Waals surface area contributed by atoms with Crippen LogP contribution in [-0.2, 0) is 16.4 Å². The van der Waals surface area contributed by atoms with Gasteiger partial charge in [-0.1, -0.05) is 48.5 Å². The highest BCUT2D eigenvalue weighted by Gasteiger charge is 2.41. The van der Waals surface area contributed by atoms with Gasteiger partial charge in [-0.3, -0.25) is 4.79 Å². The number of hydrogen-bond acceptors (Lipinski definition) is 2. The second kappa shape index (κ2) is 7.00. The fourth-order valence-electron chi connectivity index (χ4n) is 3.65. The van der Waals surface area contributed by atoms with E-state index < -0.39 is 17.2 Å². The summed E-state index contributed by atoms with van der Waals surface area (Å²) >= 11 is 0. The van der Waals surface area contributed by atoms with Gasteiger partial charge in [0.05, 0.1) is 11.0 Å². The van der Waals surface area contributed by atoms with Crippen LogP contribution in [0.5, 0.6) is 0 Å². The third-order valence-corrected chi connectivity index (χ3v) is 5.33. The lowest BCUT2D eigenvalue weighted by Crippen LogP contribution is -2.43. The summed E-state index contributed by atoms with van der Waals surface area (Å²) in [7, 11) is 0. The quantitative estimate of drug-likeness (QED) is 0.882. The largest absolute Gasteiger partial charge is 0.416 e. The van der Waals surface area contributed by atoms with E-state index in [9.17, 15) is 18.0 Å². The first-order valence-electron chi connectivity index (χ1n) is 8.88. The lowest BCUT2D eigenvalue weighted by atomic mass is 9.82. The predicted octanol–water partition coefficient (Wildman–Crippen LogP) is 3.94. The molecule has 0 spiro atoms. The molecule has 2 N–H and O–H groups in total. The molecule has 2 aromatic carbocycles. The molecule has 1 aliphatic rings. The van der Waals surface area contributed by atoms with Crippen molar-refractivity contribution in [1.82, 2.24) is 4.90 Å². The number of carbonyl (C=O) groups is 1. The van der Waals surface area contributed by atoms with Crippen LogP contribution in [0.15, 0.2) is 54.6 Å². The summed E-state index contributed by atoms with van der Waals surface area (Å²) < 4.78 is 39.1. The van der Waals surface area contributed by atoms with E-state index >= 15 is 0 Å². The molecule has 2 aromatic rings. The lowest BCUT2D eigenvalue weighted by Gasteiger charge is -2.30. The molecule has 0 radical (unpaired) electrons. The molecular formula is C21H23F3N2O. The summed E-state index contributed by atoms with van der Waals surface area (Å²) in [5.41, 5.74) is 5.85. The van der Waals surface area contributed by atoms with E-state index in [1.807, 2.05) is 30.3 Å². The number of nitrogens with zero attached hydrogens (tertiary/aromatic N) is 1. The zero-order chi connectivity index (χ0) is 19.8. The number of carbonyl (C=O) groups excluding carboxylic acids is 1. The molecule has 27 heavy (non-hydrogen) atoms. The number of alkyl halides is 3. The number of rotatable bonds is 3. The van der Waals surface area contributed by atoms with Crippen molar-refractivity contribution in [3.05, 3.63) is 71.3 Å².